The third-order valence-corrected chi connectivity index (χ3v) is 5.88. The van der Waals surface area contributed by atoms with Gasteiger partial charge in [0, 0.05) is 0 Å². The first-order valence-corrected chi connectivity index (χ1v) is 9.04. The number of esters is 1. The van der Waals surface area contributed by atoms with Crippen LogP contribution >= 0.6 is 0 Å². The van der Waals surface area contributed by atoms with Crippen LogP contribution in [0.4, 0.5) is 0 Å². The third-order valence-electron chi connectivity index (χ3n) is 4.70. The molecule has 2 saturated carbocycles. The van der Waals surface area contributed by atoms with Gasteiger partial charge in [-0.3, -0.25) is 8.98 Å². The summed E-state index contributed by atoms with van der Waals surface area (Å²) >= 11 is 0. The van der Waals surface area contributed by atoms with Crippen molar-refractivity contribution in [2.75, 3.05) is 19.5 Å². The lowest BCUT2D eigenvalue weighted by Gasteiger charge is -2.38. The van der Waals surface area contributed by atoms with E-state index < -0.39 is 10.1 Å². The first-order valence-electron chi connectivity index (χ1n) is 7.47. The number of hydrogen-bond donors (Lipinski definition) is 0. The van der Waals surface area contributed by atoms with Crippen molar-refractivity contribution >= 4 is 16.1 Å². The summed E-state index contributed by atoms with van der Waals surface area (Å²) in [7, 11) is -2.43. The molecular formula is C14H24O5S. The van der Waals surface area contributed by atoms with E-state index in [1.807, 2.05) is 0 Å². The Morgan fingerprint density at radius 2 is 1.80 bits per heavy atom. The van der Waals surface area contributed by atoms with Gasteiger partial charge >= 0.3 is 5.97 Å². The van der Waals surface area contributed by atoms with Crippen molar-refractivity contribution in [1.29, 1.82) is 0 Å². The molecule has 0 N–H and O–H groups in total. The van der Waals surface area contributed by atoms with Crippen molar-refractivity contribution in [2.45, 2.75) is 44.9 Å². The van der Waals surface area contributed by atoms with E-state index in [1.165, 1.54) is 25.7 Å². The zero-order valence-electron chi connectivity index (χ0n) is 12.0. The van der Waals surface area contributed by atoms with Gasteiger partial charge < -0.3 is 4.74 Å². The number of carbonyl (C=O) groups excluding carboxylic acids is 1. The minimum atomic E-state index is -3.54. The Hall–Kier alpha value is -0.620. The lowest BCUT2D eigenvalue weighted by molar-refractivity contribution is -0.150. The fourth-order valence-electron chi connectivity index (χ4n) is 3.53. The normalized spacial score (nSPS) is 30.6. The highest BCUT2D eigenvalue weighted by Crippen LogP contribution is 2.42. The van der Waals surface area contributed by atoms with E-state index in [-0.39, 0.29) is 24.2 Å². The van der Waals surface area contributed by atoms with Crippen LogP contribution in [0.3, 0.4) is 0 Å². The predicted octanol–water partition coefficient (Wildman–Crippen LogP) is 2.11. The van der Waals surface area contributed by atoms with Crippen molar-refractivity contribution < 1.29 is 22.1 Å². The van der Waals surface area contributed by atoms with Crippen LogP contribution in [0.2, 0.25) is 0 Å². The van der Waals surface area contributed by atoms with Crippen molar-refractivity contribution in [2.24, 2.45) is 17.8 Å². The predicted molar refractivity (Wildman–Crippen MR) is 74.5 cm³/mol. The zero-order valence-corrected chi connectivity index (χ0v) is 12.9. The molecule has 2 fully saturated rings. The highest BCUT2D eigenvalue weighted by atomic mass is 32.2. The second kappa shape index (κ2) is 6.89. The molecular weight excluding hydrogens is 280 g/mol. The van der Waals surface area contributed by atoms with Crippen LogP contribution in [0.5, 0.6) is 0 Å². The minimum absolute atomic E-state index is 0.0420. The molecule has 2 aliphatic carbocycles. The molecule has 0 radical (unpaired) electrons. The van der Waals surface area contributed by atoms with E-state index in [2.05, 4.69) is 4.18 Å². The van der Waals surface area contributed by atoms with Gasteiger partial charge in [0.15, 0.2) is 0 Å². The maximum Gasteiger partial charge on any atom is 0.308 e. The molecule has 0 aromatic heterocycles. The van der Waals surface area contributed by atoms with Crippen LogP contribution in [0.15, 0.2) is 0 Å². The number of carbonyl (C=O) groups is 1. The number of ether oxygens (including phenoxy) is 1. The quantitative estimate of drug-likeness (QED) is 0.575. The molecule has 5 nitrogen and oxygen atoms in total. The molecule has 0 amide bonds. The van der Waals surface area contributed by atoms with Gasteiger partial charge in [-0.05, 0) is 31.1 Å². The number of rotatable bonds is 5. The number of fused-ring (bicyclic) bond motifs is 1. The van der Waals surface area contributed by atoms with E-state index in [9.17, 15) is 13.2 Å². The Kier molecular flexibility index (Phi) is 5.43. The van der Waals surface area contributed by atoms with Gasteiger partial charge in [-0.1, -0.05) is 25.7 Å². The maximum atomic E-state index is 12.0. The highest BCUT2D eigenvalue weighted by molar-refractivity contribution is 7.86. The highest BCUT2D eigenvalue weighted by Gasteiger charge is 2.35. The van der Waals surface area contributed by atoms with Crippen LogP contribution in [-0.2, 0) is 23.8 Å². The molecule has 2 rings (SSSR count). The monoisotopic (exact) mass is 304 g/mol. The van der Waals surface area contributed by atoms with E-state index in [1.54, 1.807) is 0 Å². The summed E-state index contributed by atoms with van der Waals surface area (Å²) < 4.78 is 31.7. The summed E-state index contributed by atoms with van der Waals surface area (Å²) in [4.78, 5) is 12.0. The summed E-state index contributed by atoms with van der Waals surface area (Å²) in [5, 5.41) is 0. The largest absolute Gasteiger partial charge is 0.464 e. The summed E-state index contributed by atoms with van der Waals surface area (Å²) in [6.45, 7) is -0.112. The molecule has 0 spiro atoms. The summed E-state index contributed by atoms with van der Waals surface area (Å²) in [5.74, 6) is 0.910. The fourth-order valence-corrected chi connectivity index (χ4v) is 3.99. The lowest BCUT2D eigenvalue weighted by Crippen LogP contribution is -2.32. The van der Waals surface area contributed by atoms with E-state index >= 15 is 0 Å². The van der Waals surface area contributed by atoms with Gasteiger partial charge in [-0.15, -0.1) is 0 Å². The second-order valence-corrected chi connectivity index (χ2v) is 7.77. The SMILES string of the molecule is COS(=O)(=O)CCOC(=O)C1CCC2CCCCC2C1. The Labute approximate surface area is 121 Å². The van der Waals surface area contributed by atoms with E-state index in [0.717, 1.165) is 32.3 Å². The molecule has 20 heavy (non-hydrogen) atoms. The molecule has 6 heteroatoms. The average Bonchev–Trinajstić information content (AvgIpc) is 2.46. The third kappa shape index (κ3) is 4.19. The molecule has 116 valence electrons. The Bertz CT molecular complexity index is 431. The maximum absolute atomic E-state index is 12.0. The van der Waals surface area contributed by atoms with Crippen molar-refractivity contribution in [1.82, 2.24) is 0 Å². The standard InChI is InChI=1S/C14H24O5S/c1-18-20(16,17)9-8-19-14(15)13-7-6-11-4-2-3-5-12(11)10-13/h11-13H,2-10H2,1H3. The smallest absolute Gasteiger partial charge is 0.308 e. The average molecular weight is 304 g/mol. The first-order chi connectivity index (χ1) is 9.52. The minimum Gasteiger partial charge on any atom is -0.464 e. The van der Waals surface area contributed by atoms with Gasteiger partial charge in [0.25, 0.3) is 10.1 Å². The summed E-state index contributed by atoms with van der Waals surface area (Å²) in [5.41, 5.74) is 0. The number of hydrogen-bond acceptors (Lipinski definition) is 5. The van der Waals surface area contributed by atoms with Gasteiger partial charge in [0.05, 0.1) is 13.0 Å². The fraction of sp³-hybridized carbons (Fsp3) is 0.929. The molecule has 0 aromatic rings. The molecule has 3 atom stereocenters. The Morgan fingerprint density at radius 3 is 2.50 bits per heavy atom. The molecule has 0 bridgehead atoms. The van der Waals surface area contributed by atoms with E-state index in [0.29, 0.717) is 5.92 Å². The van der Waals surface area contributed by atoms with Crippen LogP contribution in [0.25, 0.3) is 0 Å². The summed E-state index contributed by atoms with van der Waals surface area (Å²) in [6, 6.07) is 0. The molecule has 3 unspecified atom stereocenters. The topological polar surface area (TPSA) is 69.7 Å². The van der Waals surface area contributed by atoms with Crippen LogP contribution < -0.4 is 0 Å². The lowest BCUT2D eigenvalue weighted by atomic mass is 9.67. The van der Waals surface area contributed by atoms with Crippen molar-refractivity contribution in [3.8, 4) is 0 Å². The second-order valence-electron chi connectivity index (χ2n) is 5.91. The van der Waals surface area contributed by atoms with Crippen LogP contribution in [0, 0.1) is 17.8 Å². The van der Waals surface area contributed by atoms with Crippen LogP contribution in [-0.4, -0.2) is 33.9 Å². The van der Waals surface area contributed by atoms with Gasteiger partial charge in [-0.25, -0.2) is 0 Å². The first kappa shape index (κ1) is 15.8. The zero-order chi connectivity index (χ0) is 14.6. The van der Waals surface area contributed by atoms with Gasteiger partial charge in [0.2, 0.25) is 0 Å². The molecule has 0 aliphatic heterocycles. The molecule has 0 saturated heterocycles. The van der Waals surface area contributed by atoms with Gasteiger partial charge in [0.1, 0.15) is 12.4 Å². The summed E-state index contributed by atoms with van der Waals surface area (Å²) in [6.07, 6.45) is 8.05. The van der Waals surface area contributed by atoms with Crippen LogP contribution in [0.1, 0.15) is 44.9 Å². The van der Waals surface area contributed by atoms with E-state index in [4.69, 9.17) is 4.74 Å². The van der Waals surface area contributed by atoms with Gasteiger partial charge in [-0.2, -0.15) is 8.42 Å². The molecule has 0 heterocycles. The molecule has 0 aromatic carbocycles. The Balaban J connectivity index is 1.76. The van der Waals surface area contributed by atoms with Crippen molar-refractivity contribution in [3.63, 3.8) is 0 Å². The molecule has 2 aliphatic rings. The van der Waals surface area contributed by atoms with Crippen molar-refractivity contribution in [3.05, 3.63) is 0 Å². The Morgan fingerprint density at radius 1 is 1.10 bits per heavy atom.